The number of nitrogens with one attached hydrogen (secondary N) is 1. The van der Waals surface area contributed by atoms with Gasteiger partial charge in [0.2, 0.25) is 0 Å². The average molecular weight is 419 g/mol. The summed E-state index contributed by atoms with van der Waals surface area (Å²) in [5, 5.41) is 13.9. The van der Waals surface area contributed by atoms with E-state index in [2.05, 4.69) is 26.3 Å². The van der Waals surface area contributed by atoms with Crippen molar-refractivity contribution < 1.29 is 9.53 Å². The van der Waals surface area contributed by atoms with Crippen LogP contribution in [0.3, 0.4) is 0 Å². The first kappa shape index (κ1) is 20.4. The van der Waals surface area contributed by atoms with Gasteiger partial charge in [-0.05, 0) is 33.6 Å². The Bertz CT molecular complexity index is 865. The lowest BCUT2D eigenvalue weighted by molar-refractivity contribution is 0.0219. The number of nitriles is 1. The molecule has 1 aliphatic rings. The molecule has 3 rings (SSSR count). The molecule has 0 aliphatic carbocycles. The minimum Gasteiger partial charge on any atom is -0.444 e. The molecule has 0 radical (unpaired) electrons. The summed E-state index contributed by atoms with van der Waals surface area (Å²) < 4.78 is 5.44. The maximum Gasteiger partial charge on any atom is 0.410 e. The van der Waals surface area contributed by atoms with Crippen LogP contribution in [-0.4, -0.2) is 49.9 Å². The summed E-state index contributed by atoms with van der Waals surface area (Å²) in [6.45, 7) is 6.99. The summed E-state index contributed by atoms with van der Waals surface area (Å²) >= 11 is 2.96. The highest BCUT2D eigenvalue weighted by atomic mass is 32.2. The number of thiazole rings is 1. The first-order valence-corrected chi connectivity index (χ1v) is 10.6. The average Bonchev–Trinajstić information content (AvgIpc) is 3.09. The number of anilines is 2. The first-order chi connectivity index (χ1) is 13.3. The number of nitrogens with zero attached hydrogens (tertiary/aromatic N) is 5. The fourth-order valence-electron chi connectivity index (χ4n) is 2.62. The molecule has 0 aromatic carbocycles. The summed E-state index contributed by atoms with van der Waals surface area (Å²) in [5.74, 6) is 0.641. The SMILES string of the molecule is CC(C)(C)OC(=O)N1CCC(Sc2cc(Nc3ncc(C#N)s3)ncn2)CC1. The van der Waals surface area contributed by atoms with E-state index in [4.69, 9.17) is 10.00 Å². The van der Waals surface area contributed by atoms with Crippen molar-refractivity contribution in [2.24, 2.45) is 0 Å². The molecule has 1 aliphatic heterocycles. The summed E-state index contributed by atoms with van der Waals surface area (Å²) in [6.07, 6.45) is 4.56. The number of amides is 1. The van der Waals surface area contributed by atoms with E-state index >= 15 is 0 Å². The lowest BCUT2D eigenvalue weighted by atomic mass is 10.1. The van der Waals surface area contributed by atoms with Gasteiger partial charge in [0.15, 0.2) is 5.13 Å². The normalized spacial score (nSPS) is 15.1. The van der Waals surface area contributed by atoms with Crippen molar-refractivity contribution in [1.29, 1.82) is 5.26 Å². The second-order valence-corrected chi connectivity index (χ2v) is 9.64. The molecule has 1 saturated heterocycles. The van der Waals surface area contributed by atoms with Crippen LogP contribution in [-0.2, 0) is 4.74 Å². The van der Waals surface area contributed by atoms with E-state index in [-0.39, 0.29) is 6.09 Å². The topological polar surface area (TPSA) is 104 Å². The van der Waals surface area contributed by atoms with Gasteiger partial charge in [0.25, 0.3) is 0 Å². The van der Waals surface area contributed by atoms with E-state index in [1.54, 1.807) is 16.7 Å². The third kappa shape index (κ3) is 5.81. The predicted octanol–water partition coefficient (Wildman–Crippen LogP) is 4.04. The van der Waals surface area contributed by atoms with Gasteiger partial charge >= 0.3 is 6.09 Å². The fourth-order valence-corrected chi connectivity index (χ4v) is 4.31. The van der Waals surface area contributed by atoms with Crippen LogP contribution in [0.1, 0.15) is 38.5 Å². The van der Waals surface area contributed by atoms with Crippen molar-refractivity contribution in [3.05, 3.63) is 23.5 Å². The number of ether oxygens (including phenoxy) is 1. The molecule has 1 amide bonds. The third-order valence-electron chi connectivity index (χ3n) is 3.87. The zero-order valence-corrected chi connectivity index (χ0v) is 17.6. The Balaban J connectivity index is 1.52. The van der Waals surface area contributed by atoms with Crippen LogP contribution >= 0.6 is 23.1 Å². The number of carbonyl (C=O) groups excluding carboxylic acids is 1. The van der Waals surface area contributed by atoms with E-state index in [0.29, 0.717) is 34.2 Å². The van der Waals surface area contributed by atoms with Crippen molar-refractivity contribution in [2.45, 2.75) is 49.5 Å². The largest absolute Gasteiger partial charge is 0.444 e. The van der Waals surface area contributed by atoms with Gasteiger partial charge in [-0.25, -0.2) is 19.7 Å². The van der Waals surface area contributed by atoms with Gasteiger partial charge in [0.05, 0.1) is 6.20 Å². The molecule has 2 aromatic rings. The molecule has 10 heteroatoms. The zero-order valence-electron chi connectivity index (χ0n) is 16.0. The molecule has 0 spiro atoms. The molecule has 0 bridgehead atoms. The van der Waals surface area contributed by atoms with E-state index in [0.717, 1.165) is 17.9 Å². The van der Waals surface area contributed by atoms with Crippen molar-refractivity contribution in [1.82, 2.24) is 19.9 Å². The van der Waals surface area contributed by atoms with Crippen LogP contribution in [0.4, 0.5) is 15.7 Å². The molecular formula is C18H22N6O2S2. The summed E-state index contributed by atoms with van der Waals surface area (Å²) in [4.78, 5) is 27.2. The third-order valence-corrected chi connectivity index (χ3v) is 5.96. The van der Waals surface area contributed by atoms with E-state index in [1.807, 2.05) is 26.8 Å². The molecule has 1 fully saturated rings. The quantitative estimate of drug-likeness (QED) is 0.742. The van der Waals surface area contributed by atoms with Crippen molar-refractivity contribution in [3.8, 4) is 6.07 Å². The van der Waals surface area contributed by atoms with Crippen LogP contribution in [0.5, 0.6) is 0 Å². The highest BCUT2D eigenvalue weighted by molar-refractivity contribution is 7.99. The highest BCUT2D eigenvalue weighted by Crippen LogP contribution is 2.31. The molecule has 148 valence electrons. The molecule has 0 saturated carbocycles. The molecule has 2 aromatic heterocycles. The Hall–Kier alpha value is -2.38. The fraction of sp³-hybridized carbons (Fsp3) is 0.500. The number of carbonyl (C=O) groups is 1. The van der Waals surface area contributed by atoms with Gasteiger partial charge < -0.3 is 15.0 Å². The molecule has 3 heterocycles. The lowest BCUT2D eigenvalue weighted by Gasteiger charge is -2.33. The van der Waals surface area contributed by atoms with E-state index in [1.165, 1.54) is 23.9 Å². The van der Waals surface area contributed by atoms with E-state index in [9.17, 15) is 4.79 Å². The Labute approximate surface area is 172 Å². The molecule has 8 nitrogen and oxygen atoms in total. The van der Waals surface area contributed by atoms with Crippen molar-refractivity contribution in [2.75, 3.05) is 18.4 Å². The number of thioether (sulfide) groups is 1. The van der Waals surface area contributed by atoms with Gasteiger partial charge in [-0.1, -0.05) is 11.3 Å². The maximum absolute atomic E-state index is 12.2. The number of rotatable bonds is 4. The van der Waals surface area contributed by atoms with Crippen LogP contribution in [0.15, 0.2) is 23.6 Å². The smallest absolute Gasteiger partial charge is 0.410 e. The highest BCUT2D eigenvalue weighted by Gasteiger charge is 2.27. The van der Waals surface area contributed by atoms with Gasteiger partial charge in [-0.2, -0.15) is 5.26 Å². The standard InChI is InChI=1S/C18H22N6O2S2/c1-18(2,3)26-17(25)24-6-4-12(5-7-24)27-15-8-14(21-11-22-15)23-16-20-10-13(9-19)28-16/h8,10-12H,4-7H2,1-3H3,(H,20,21,22,23). The van der Waals surface area contributed by atoms with Crippen LogP contribution in [0, 0.1) is 11.3 Å². The summed E-state index contributed by atoms with van der Waals surface area (Å²) in [7, 11) is 0. The van der Waals surface area contributed by atoms with Crippen molar-refractivity contribution in [3.63, 3.8) is 0 Å². The molecule has 0 atom stereocenters. The summed E-state index contributed by atoms with van der Waals surface area (Å²) in [6, 6.07) is 3.94. The molecule has 0 unspecified atom stereocenters. The number of hydrogen-bond acceptors (Lipinski definition) is 9. The monoisotopic (exact) mass is 418 g/mol. The Morgan fingerprint density at radius 2 is 2.11 bits per heavy atom. The van der Waals surface area contributed by atoms with Gasteiger partial charge in [-0.3, -0.25) is 0 Å². The summed E-state index contributed by atoms with van der Waals surface area (Å²) in [5.41, 5.74) is -0.474. The van der Waals surface area contributed by atoms with Crippen LogP contribution in [0.2, 0.25) is 0 Å². The second-order valence-electron chi connectivity index (χ2n) is 7.29. The van der Waals surface area contributed by atoms with Crippen molar-refractivity contribution >= 4 is 40.1 Å². The number of likely N-dealkylation sites (tertiary alicyclic amines) is 1. The minimum absolute atomic E-state index is 0.246. The van der Waals surface area contributed by atoms with Crippen LogP contribution < -0.4 is 5.32 Å². The number of aromatic nitrogens is 3. The lowest BCUT2D eigenvalue weighted by Crippen LogP contribution is -2.42. The minimum atomic E-state index is -0.474. The van der Waals surface area contributed by atoms with Crippen LogP contribution in [0.25, 0.3) is 0 Å². The zero-order chi connectivity index (χ0) is 20.1. The first-order valence-electron chi connectivity index (χ1n) is 8.92. The van der Waals surface area contributed by atoms with Gasteiger partial charge in [0.1, 0.15) is 33.7 Å². The number of piperidine rings is 1. The Morgan fingerprint density at radius 1 is 1.36 bits per heavy atom. The maximum atomic E-state index is 12.2. The molecular weight excluding hydrogens is 396 g/mol. The Morgan fingerprint density at radius 3 is 2.75 bits per heavy atom. The Kier molecular flexibility index (Phi) is 6.36. The molecule has 1 N–H and O–H groups in total. The second kappa shape index (κ2) is 8.75. The van der Waals surface area contributed by atoms with E-state index < -0.39 is 5.60 Å². The molecule has 28 heavy (non-hydrogen) atoms. The van der Waals surface area contributed by atoms with Gasteiger partial charge in [-0.15, -0.1) is 11.8 Å². The predicted molar refractivity (Wildman–Crippen MR) is 109 cm³/mol. The number of hydrogen-bond donors (Lipinski definition) is 1. The van der Waals surface area contributed by atoms with Gasteiger partial charge in [0, 0.05) is 24.4 Å².